The van der Waals surface area contributed by atoms with Crippen LogP contribution in [0, 0.1) is 0 Å². The lowest BCUT2D eigenvalue weighted by Gasteiger charge is -2.09. The molecule has 0 radical (unpaired) electrons. The van der Waals surface area contributed by atoms with Gasteiger partial charge in [0.15, 0.2) is 5.75 Å². The van der Waals surface area contributed by atoms with E-state index in [0.29, 0.717) is 39.2 Å². The van der Waals surface area contributed by atoms with E-state index in [1.54, 1.807) is 18.2 Å². The molecule has 0 amide bonds. The first-order valence-corrected chi connectivity index (χ1v) is 8.04. The van der Waals surface area contributed by atoms with Gasteiger partial charge in [0, 0.05) is 5.56 Å². The third kappa shape index (κ3) is 3.30. The van der Waals surface area contributed by atoms with Crippen LogP contribution in [0.1, 0.15) is 18.1 Å². The zero-order chi connectivity index (χ0) is 17.1. The first-order valence-electron chi connectivity index (χ1n) is 7.29. The number of benzene rings is 2. The van der Waals surface area contributed by atoms with Crippen molar-refractivity contribution in [3.05, 3.63) is 69.2 Å². The van der Waals surface area contributed by atoms with E-state index in [1.807, 2.05) is 37.3 Å². The van der Waals surface area contributed by atoms with E-state index in [1.165, 1.54) is 0 Å². The number of oxime groups is 1. The molecule has 0 spiro atoms. The Hall–Kier alpha value is -2.30. The van der Waals surface area contributed by atoms with Crippen molar-refractivity contribution >= 4 is 41.0 Å². The molecule has 2 aromatic rings. The molecule has 122 valence electrons. The Morgan fingerprint density at radius 2 is 1.83 bits per heavy atom. The normalized spacial score (nSPS) is 15.4. The molecule has 3 rings (SSSR count). The van der Waals surface area contributed by atoms with Crippen LogP contribution in [-0.4, -0.2) is 18.3 Å². The van der Waals surface area contributed by atoms with Crippen molar-refractivity contribution < 1.29 is 14.4 Å². The minimum absolute atomic E-state index is 0.345. The zero-order valence-electron chi connectivity index (χ0n) is 12.8. The van der Waals surface area contributed by atoms with Gasteiger partial charge in [0.1, 0.15) is 5.71 Å². The Balaban J connectivity index is 2.01. The van der Waals surface area contributed by atoms with E-state index in [2.05, 4.69) is 5.16 Å². The third-order valence-electron chi connectivity index (χ3n) is 3.36. The Morgan fingerprint density at radius 1 is 1.17 bits per heavy atom. The summed E-state index contributed by atoms with van der Waals surface area (Å²) in [7, 11) is 0. The van der Waals surface area contributed by atoms with Crippen LogP contribution in [0.5, 0.6) is 5.75 Å². The fraction of sp³-hybridized carbons (Fsp3) is 0.111. The van der Waals surface area contributed by atoms with Crippen LogP contribution >= 0.6 is 23.2 Å². The zero-order valence-corrected chi connectivity index (χ0v) is 14.3. The molecule has 0 N–H and O–H groups in total. The lowest BCUT2D eigenvalue weighted by Crippen LogP contribution is -2.06. The van der Waals surface area contributed by atoms with Gasteiger partial charge in [-0.1, -0.05) is 58.7 Å². The third-order valence-corrected chi connectivity index (χ3v) is 3.92. The highest BCUT2D eigenvalue weighted by atomic mass is 35.5. The molecule has 0 aromatic heterocycles. The molecule has 0 aliphatic carbocycles. The topological polar surface area (TPSA) is 47.9 Å². The van der Waals surface area contributed by atoms with Gasteiger partial charge in [-0.3, -0.25) is 0 Å². The fourth-order valence-corrected chi connectivity index (χ4v) is 2.94. The van der Waals surface area contributed by atoms with Gasteiger partial charge in [-0.15, -0.1) is 0 Å². The minimum atomic E-state index is -0.519. The second-order valence-electron chi connectivity index (χ2n) is 4.99. The molecule has 1 heterocycles. The molecule has 24 heavy (non-hydrogen) atoms. The molecule has 1 aliphatic rings. The summed E-state index contributed by atoms with van der Waals surface area (Å²) in [5.74, 6) is -0.0936. The number of ether oxygens (including phenoxy) is 1. The molecular weight excluding hydrogens is 349 g/mol. The predicted molar refractivity (Wildman–Crippen MR) is 94.7 cm³/mol. The summed E-state index contributed by atoms with van der Waals surface area (Å²) < 4.78 is 5.40. The van der Waals surface area contributed by atoms with E-state index < -0.39 is 5.97 Å². The van der Waals surface area contributed by atoms with Crippen molar-refractivity contribution in [3.8, 4) is 5.75 Å². The van der Waals surface area contributed by atoms with E-state index >= 15 is 0 Å². The van der Waals surface area contributed by atoms with Crippen molar-refractivity contribution in [2.45, 2.75) is 6.92 Å². The molecule has 6 heteroatoms. The van der Waals surface area contributed by atoms with Crippen LogP contribution < -0.4 is 4.74 Å². The predicted octanol–water partition coefficient (Wildman–Crippen LogP) is 4.74. The van der Waals surface area contributed by atoms with Crippen LogP contribution in [0.3, 0.4) is 0 Å². The first-order chi connectivity index (χ1) is 11.6. The standard InChI is InChI=1S/C18H13Cl2NO3/c1-2-23-17-14(19)9-11(10-15(17)20)8-13-16(21-24-18(13)22)12-6-4-3-5-7-12/h3-10H,2H2,1H3/b13-8-. The molecular formula is C18H13Cl2NO3. The van der Waals surface area contributed by atoms with Gasteiger partial charge < -0.3 is 9.57 Å². The summed E-state index contributed by atoms with van der Waals surface area (Å²) in [5.41, 5.74) is 2.27. The quantitative estimate of drug-likeness (QED) is 0.583. The maximum Gasteiger partial charge on any atom is 0.368 e. The molecule has 0 atom stereocenters. The minimum Gasteiger partial charge on any atom is -0.491 e. The van der Waals surface area contributed by atoms with Gasteiger partial charge in [-0.05, 0) is 30.7 Å². The second-order valence-corrected chi connectivity index (χ2v) is 5.80. The Morgan fingerprint density at radius 3 is 2.46 bits per heavy atom. The molecule has 0 bridgehead atoms. The highest BCUT2D eigenvalue weighted by molar-refractivity contribution is 6.37. The van der Waals surface area contributed by atoms with Crippen LogP contribution in [0.15, 0.2) is 53.2 Å². The second kappa shape index (κ2) is 7.07. The number of hydrogen-bond donors (Lipinski definition) is 0. The number of carbonyl (C=O) groups excluding carboxylic acids is 1. The molecule has 1 aliphatic heterocycles. The van der Waals surface area contributed by atoms with Gasteiger partial charge in [-0.2, -0.15) is 0 Å². The van der Waals surface area contributed by atoms with E-state index in [4.69, 9.17) is 32.8 Å². The van der Waals surface area contributed by atoms with Gasteiger partial charge in [0.05, 0.1) is 22.2 Å². The number of nitrogens with zero attached hydrogens (tertiary/aromatic N) is 1. The van der Waals surface area contributed by atoms with E-state index in [-0.39, 0.29) is 0 Å². The van der Waals surface area contributed by atoms with Crippen LogP contribution in [0.25, 0.3) is 6.08 Å². The Bertz CT molecular complexity index is 822. The number of rotatable bonds is 4. The van der Waals surface area contributed by atoms with E-state index in [9.17, 15) is 4.79 Å². The summed E-state index contributed by atoms with van der Waals surface area (Å²) >= 11 is 12.4. The van der Waals surface area contributed by atoms with Crippen molar-refractivity contribution in [1.82, 2.24) is 0 Å². The molecule has 0 unspecified atom stereocenters. The monoisotopic (exact) mass is 361 g/mol. The van der Waals surface area contributed by atoms with Gasteiger partial charge in [-0.25, -0.2) is 4.79 Å². The molecule has 0 saturated heterocycles. The number of hydrogen-bond acceptors (Lipinski definition) is 4. The summed E-state index contributed by atoms with van der Waals surface area (Å²) in [5, 5.41) is 4.62. The van der Waals surface area contributed by atoms with Crippen LogP contribution in [0.2, 0.25) is 10.0 Å². The van der Waals surface area contributed by atoms with Gasteiger partial charge in [0.25, 0.3) is 0 Å². The molecule has 4 nitrogen and oxygen atoms in total. The number of halogens is 2. The Kier molecular flexibility index (Phi) is 4.88. The largest absolute Gasteiger partial charge is 0.491 e. The van der Waals surface area contributed by atoms with Gasteiger partial charge >= 0.3 is 5.97 Å². The average Bonchev–Trinajstić information content (AvgIpc) is 2.93. The lowest BCUT2D eigenvalue weighted by atomic mass is 10.0. The van der Waals surface area contributed by atoms with Crippen LogP contribution in [0.4, 0.5) is 0 Å². The lowest BCUT2D eigenvalue weighted by molar-refractivity contribution is -0.136. The van der Waals surface area contributed by atoms with Crippen molar-refractivity contribution in [2.75, 3.05) is 6.61 Å². The molecule has 0 fully saturated rings. The first kappa shape index (κ1) is 16.6. The van der Waals surface area contributed by atoms with E-state index in [0.717, 1.165) is 5.56 Å². The summed E-state index contributed by atoms with van der Waals surface area (Å²) in [6.45, 7) is 2.30. The fourth-order valence-electron chi connectivity index (χ4n) is 2.33. The highest BCUT2D eigenvalue weighted by Gasteiger charge is 2.26. The average molecular weight is 362 g/mol. The van der Waals surface area contributed by atoms with Crippen molar-refractivity contribution in [2.24, 2.45) is 5.16 Å². The molecule has 0 saturated carbocycles. The van der Waals surface area contributed by atoms with Crippen molar-refractivity contribution in [1.29, 1.82) is 0 Å². The molecule has 2 aromatic carbocycles. The highest BCUT2D eigenvalue weighted by Crippen LogP contribution is 2.35. The summed E-state index contributed by atoms with van der Waals surface area (Å²) in [6.07, 6.45) is 1.65. The number of carbonyl (C=O) groups is 1. The maximum absolute atomic E-state index is 12.0. The van der Waals surface area contributed by atoms with Crippen molar-refractivity contribution in [3.63, 3.8) is 0 Å². The van der Waals surface area contributed by atoms with Gasteiger partial charge in [0.2, 0.25) is 0 Å². The Labute approximate surface area is 149 Å². The SMILES string of the molecule is CCOc1c(Cl)cc(/C=C2\C(=O)ON=C2c2ccccc2)cc1Cl. The maximum atomic E-state index is 12.0. The summed E-state index contributed by atoms with van der Waals surface area (Å²) in [4.78, 5) is 16.8. The summed E-state index contributed by atoms with van der Waals surface area (Å²) in [6, 6.07) is 12.7. The smallest absolute Gasteiger partial charge is 0.368 e. The van der Waals surface area contributed by atoms with Crippen LogP contribution in [-0.2, 0) is 9.63 Å².